The van der Waals surface area contributed by atoms with Crippen LogP contribution in [0.1, 0.15) is 35.7 Å². The molecule has 19 heavy (non-hydrogen) atoms. The van der Waals surface area contributed by atoms with E-state index in [1.54, 1.807) is 24.5 Å². The van der Waals surface area contributed by atoms with Gasteiger partial charge < -0.3 is 5.32 Å². The van der Waals surface area contributed by atoms with Crippen LogP contribution in [-0.2, 0) is 6.42 Å². The molecular weight excluding hydrogens is 236 g/mol. The molecule has 0 atom stereocenters. The van der Waals surface area contributed by atoms with Crippen LogP contribution in [0.5, 0.6) is 0 Å². The van der Waals surface area contributed by atoms with Crippen LogP contribution < -0.4 is 5.32 Å². The molecule has 1 amide bonds. The van der Waals surface area contributed by atoms with Gasteiger partial charge in [-0.05, 0) is 42.7 Å². The quantitative estimate of drug-likeness (QED) is 0.884. The topological polar surface area (TPSA) is 42.0 Å². The molecule has 1 aromatic heterocycles. The van der Waals surface area contributed by atoms with Crippen molar-refractivity contribution < 1.29 is 4.79 Å². The second-order valence-corrected chi connectivity index (χ2v) is 4.49. The van der Waals surface area contributed by atoms with Crippen molar-refractivity contribution in [2.75, 3.05) is 5.32 Å². The maximum absolute atomic E-state index is 11.9. The van der Waals surface area contributed by atoms with Crippen molar-refractivity contribution in [3.05, 3.63) is 59.9 Å². The van der Waals surface area contributed by atoms with Gasteiger partial charge in [0.1, 0.15) is 0 Å². The molecule has 3 heteroatoms. The van der Waals surface area contributed by atoms with E-state index in [9.17, 15) is 4.79 Å². The fourth-order valence-corrected chi connectivity index (χ4v) is 1.84. The molecule has 0 spiro atoms. The number of anilines is 1. The van der Waals surface area contributed by atoms with E-state index in [2.05, 4.69) is 29.4 Å². The summed E-state index contributed by atoms with van der Waals surface area (Å²) in [6.45, 7) is 2.18. The summed E-state index contributed by atoms with van der Waals surface area (Å²) in [6, 6.07) is 11.4. The number of amides is 1. The zero-order valence-corrected chi connectivity index (χ0v) is 11.1. The third kappa shape index (κ3) is 3.91. The maximum Gasteiger partial charge on any atom is 0.255 e. The van der Waals surface area contributed by atoms with Crippen LogP contribution in [0, 0.1) is 0 Å². The van der Waals surface area contributed by atoms with E-state index in [1.165, 1.54) is 18.4 Å². The van der Waals surface area contributed by atoms with E-state index in [0.29, 0.717) is 5.56 Å². The monoisotopic (exact) mass is 254 g/mol. The number of aryl methyl sites for hydroxylation is 1. The molecule has 2 rings (SSSR count). The van der Waals surface area contributed by atoms with Crippen LogP contribution >= 0.6 is 0 Å². The number of benzene rings is 1. The molecule has 0 saturated carbocycles. The van der Waals surface area contributed by atoms with Gasteiger partial charge in [0, 0.05) is 23.6 Å². The number of nitrogens with one attached hydrogen (secondary N) is 1. The lowest BCUT2D eigenvalue weighted by atomic mass is 10.1. The molecule has 0 aliphatic carbocycles. The summed E-state index contributed by atoms with van der Waals surface area (Å²) in [7, 11) is 0. The van der Waals surface area contributed by atoms with E-state index >= 15 is 0 Å². The zero-order chi connectivity index (χ0) is 13.5. The smallest absolute Gasteiger partial charge is 0.255 e. The van der Waals surface area contributed by atoms with Gasteiger partial charge in [-0.3, -0.25) is 9.78 Å². The molecule has 1 aromatic carbocycles. The number of hydrogen-bond donors (Lipinski definition) is 1. The van der Waals surface area contributed by atoms with E-state index in [-0.39, 0.29) is 5.91 Å². The third-order valence-electron chi connectivity index (χ3n) is 2.97. The SMILES string of the molecule is CCCCc1ccc(NC(=O)c2ccncc2)cc1. The third-order valence-corrected chi connectivity index (χ3v) is 2.97. The van der Waals surface area contributed by atoms with Crippen LogP contribution in [0.25, 0.3) is 0 Å². The summed E-state index contributed by atoms with van der Waals surface area (Å²) in [5.41, 5.74) is 2.75. The summed E-state index contributed by atoms with van der Waals surface area (Å²) in [5, 5.41) is 2.87. The van der Waals surface area contributed by atoms with Crippen LogP contribution in [0.2, 0.25) is 0 Å². The molecule has 1 heterocycles. The molecule has 0 radical (unpaired) electrons. The molecule has 2 aromatic rings. The molecule has 3 nitrogen and oxygen atoms in total. The number of pyridine rings is 1. The molecule has 0 saturated heterocycles. The second-order valence-electron chi connectivity index (χ2n) is 4.49. The van der Waals surface area contributed by atoms with Crippen molar-refractivity contribution in [3.8, 4) is 0 Å². The van der Waals surface area contributed by atoms with Gasteiger partial charge >= 0.3 is 0 Å². The standard InChI is InChI=1S/C16H18N2O/c1-2-3-4-13-5-7-15(8-6-13)18-16(19)14-9-11-17-12-10-14/h5-12H,2-4H2,1H3,(H,18,19). The minimum absolute atomic E-state index is 0.108. The molecule has 98 valence electrons. The van der Waals surface area contributed by atoms with Crippen molar-refractivity contribution >= 4 is 11.6 Å². The highest BCUT2D eigenvalue weighted by atomic mass is 16.1. The summed E-state index contributed by atoms with van der Waals surface area (Å²) in [4.78, 5) is 15.8. The number of rotatable bonds is 5. The average Bonchev–Trinajstić information content (AvgIpc) is 2.47. The molecular formula is C16H18N2O. The van der Waals surface area contributed by atoms with Crippen LogP contribution in [-0.4, -0.2) is 10.9 Å². The first-order chi connectivity index (χ1) is 9.29. The first-order valence-corrected chi connectivity index (χ1v) is 6.60. The van der Waals surface area contributed by atoms with Crippen LogP contribution in [0.4, 0.5) is 5.69 Å². The fourth-order valence-electron chi connectivity index (χ4n) is 1.84. The summed E-state index contributed by atoms with van der Waals surface area (Å²) >= 11 is 0. The van der Waals surface area contributed by atoms with E-state index in [1.807, 2.05) is 12.1 Å². The van der Waals surface area contributed by atoms with Crippen molar-refractivity contribution in [1.82, 2.24) is 4.98 Å². The Morgan fingerprint density at radius 1 is 1.11 bits per heavy atom. The minimum atomic E-state index is -0.108. The highest BCUT2D eigenvalue weighted by molar-refractivity contribution is 6.04. The lowest BCUT2D eigenvalue weighted by Crippen LogP contribution is -2.11. The van der Waals surface area contributed by atoms with Gasteiger partial charge in [-0.2, -0.15) is 0 Å². The van der Waals surface area contributed by atoms with Crippen LogP contribution in [0.3, 0.4) is 0 Å². The maximum atomic E-state index is 11.9. The van der Waals surface area contributed by atoms with Gasteiger partial charge in [0.25, 0.3) is 5.91 Å². The second kappa shape index (κ2) is 6.69. The average molecular weight is 254 g/mol. The Kier molecular flexibility index (Phi) is 4.67. The predicted molar refractivity (Wildman–Crippen MR) is 77.2 cm³/mol. The number of carbonyl (C=O) groups excluding carboxylic acids is 1. The summed E-state index contributed by atoms with van der Waals surface area (Å²) in [5.74, 6) is -0.108. The van der Waals surface area contributed by atoms with Crippen molar-refractivity contribution in [3.63, 3.8) is 0 Å². The number of aromatic nitrogens is 1. The van der Waals surface area contributed by atoms with Gasteiger partial charge in [-0.15, -0.1) is 0 Å². The van der Waals surface area contributed by atoms with Crippen LogP contribution in [0.15, 0.2) is 48.8 Å². The van der Waals surface area contributed by atoms with Gasteiger partial charge in [-0.25, -0.2) is 0 Å². The number of unbranched alkanes of at least 4 members (excludes halogenated alkanes) is 1. The Bertz CT molecular complexity index is 520. The minimum Gasteiger partial charge on any atom is -0.322 e. The Morgan fingerprint density at radius 3 is 2.42 bits per heavy atom. The van der Waals surface area contributed by atoms with Crippen molar-refractivity contribution in [1.29, 1.82) is 0 Å². The Balaban J connectivity index is 1.98. The van der Waals surface area contributed by atoms with Crippen molar-refractivity contribution in [2.45, 2.75) is 26.2 Å². The lowest BCUT2D eigenvalue weighted by Gasteiger charge is -2.06. The largest absolute Gasteiger partial charge is 0.322 e. The Hall–Kier alpha value is -2.16. The molecule has 0 aliphatic rings. The highest BCUT2D eigenvalue weighted by Gasteiger charge is 2.04. The van der Waals surface area contributed by atoms with Gasteiger partial charge in [0.15, 0.2) is 0 Å². The van der Waals surface area contributed by atoms with Gasteiger partial charge in [0.2, 0.25) is 0 Å². The molecule has 0 aliphatic heterocycles. The first kappa shape index (κ1) is 13.3. The van der Waals surface area contributed by atoms with E-state index in [4.69, 9.17) is 0 Å². The molecule has 1 N–H and O–H groups in total. The van der Waals surface area contributed by atoms with Gasteiger partial charge in [-0.1, -0.05) is 25.5 Å². The van der Waals surface area contributed by atoms with Gasteiger partial charge in [0.05, 0.1) is 0 Å². The first-order valence-electron chi connectivity index (χ1n) is 6.60. The molecule has 0 bridgehead atoms. The normalized spacial score (nSPS) is 10.2. The summed E-state index contributed by atoms with van der Waals surface area (Å²) < 4.78 is 0. The van der Waals surface area contributed by atoms with Crippen molar-refractivity contribution in [2.24, 2.45) is 0 Å². The number of hydrogen-bond acceptors (Lipinski definition) is 2. The molecule has 0 fully saturated rings. The number of nitrogens with zero attached hydrogens (tertiary/aromatic N) is 1. The number of carbonyl (C=O) groups is 1. The summed E-state index contributed by atoms with van der Waals surface area (Å²) in [6.07, 6.45) is 6.71. The molecule has 0 unspecified atom stereocenters. The van der Waals surface area contributed by atoms with E-state index in [0.717, 1.165) is 12.1 Å². The Morgan fingerprint density at radius 2 is 1.79 bits per heavy atom. The zero-order valence-electron chi connectivity index (χ0n) is 11.1. The fraction of sp³-hybridized carbons (Fsp3) is 0.250. The highest BCUT2D eigenvalue weighted by Crippen LogP contribution is 2.13. The lowest BCUT2D eigenvalue weighted by molar-refractivity contribution is 0.102. The van der Waals surface area contributed by atoms with E-state index < -0.39 is 0 Å². The Labute approximate surface area is 113 Å². The predicted octanol–water partition coefficient (Wildman–Crippen LogP) is 3.68.